The highest BCUT2D eigenvalue weighted by Crippen LogP contribution is 2.10. The number of hydrogen-bond donors (Lipinski definition) is 3. The number of guanidine groups is 1. The molecule has 0 bridgehead atoms. The van der Waals surface area contributed by atoms with E-state index in [0.717, 1.165) is 37.5 Å². The average molecular weight is 432 g/mol. The first-order valence-electron chi connectivity index (χ1n) is 7.60. The lowest BCUT2D eigenvalue weighted by molar-refractivity contribution is 0.0963. The van der Waals surface area contributed by atoms with Gasteiger partial charge in [-0.1, -0.05) is 12.1 Å². The summed E-state index contributed by atoms with van der Waals surface area (Å²) in [6.07, 6.45) is 2.50. The zero-order chi connectivity index (χ0) is 15.8. The number of amides is 1. The molecule has 1 atom stereocenters. The van der Waals surface area contributed by atoms with Crippen molar-refractivity contribution in [2.45, 2.75) is 25.5 Å². The fourth-order valence-corrected chi connectivity index (χ4v) is 2.39. The third-order valence-electron chi connectivity index (χ3n) is 3.62. The highest BCUT2D eigenvalue weighted by Gasteiger charge is 2.15. The van der Waals surface area contributed by atoms with Crippen molar-refractivity contribution >= 4 is 35.8 Å². The van der Waals surface area contributed by atoms with E-state index in [9.17, 15) is 4.79 Å². The van der Waals surface area contributed by atoms with Gasteiger partial charge in [0.15, 0.2) is 5.96 Å². The molecule has 1 aromatic rings. The summed E-state index contributed by atoms with van der Waals surface area (Å²) in [4.78, 5) is 15.8. The maximum absolute atomic E-state index is 11.6. The van der Waals surface area contributed by atoms with Crippen LogP contribution in [0.25, 0.3) is 0 Å². The zero-order valence-electron chi connectivity index (χ0n) is 13.6. The Balaban J connectivity index is 0.00000264. The first-order chi connectivity index (χ1) is 10.7. The van der Waals surface area contributed by atoms with Gasteiger partial charge in [-0.3, -0.25) is 9.79 Å². The Hall–Kier alpha value is -1.35. The van der Waals surface area contributed by atoms with Crippen molar-refractivity contribution in [1.82, 2.24) is 16.0 Å². The number of nitrogens with zero attached hydrogens (tertiary/aromatic N) is 1. The third-order valence-corrected chi connectivity index (χ3v) is 3.62. The van der Waals surface area contributed by atoms with Crippen LogP contribution in [0.2, 0.25) is 0 Å². The van der Waals surface area contributed by atoms with Gasteiger partial charge in [-0.2, -0.15) is 0 Å². The van der Waals surface area contributed by atoms with Crippen molar-refractivity contribution in [3.8, 4) is 0 Å². The van der Waals surface area contributed by atoms with Crippen LogP contribution in [0.4, 0.5) is 0 Å². The molecule has 7 heteroatoms. The number of nitrogens with one attached hydrogen (secondary N) is 3. The van der Waals surface area contributed by atoms with Crippen molar-refractivity contribution in [3.05, 3.63) is 35.4 Å². The molecule has 0 radical (unpaired) electrons. The third kappa shape index (κ3) is 6.34. The smallest absolute Gasteiger partial charge is 0.251 e. The van der Waals surface area contributed by atoms with E-state index in [-0.39, 0.29) is 36.0 Å². The van der Waals surface area contributed by atoms with E-state index in [1.807, 2.05) is 18.2 Å². The number of hydrogen-bond acceptors (Lipinski definition) is 3. The van der Waals surface area contributed by atoms with E-state index in [1.54, 1.807) is 20.2 Å². The van der Waals surface area contributed by atoms with Crippen LogP contribution in [0.1, 0.15) is 28.8 Å². The van der Waals surface area contributed by atoms with Crippen molar-refractivity contribution in [2.24, 2.45) is 4.99 Å². The average Bonchev–Trinajstić information content (AvgIpc) is 3.08. The van der Waals surface area contributed by atoms with Crippen molar-refractivity contribution in [1.29, 1.82) is 0 Å². The Labute approximate surface area is 154 Å². The molecule has 1 aromatic carbocycles. The highest BCUT2D eigenvalue weighted by molar-refractivity contribution is 14.0. The fraction of sp³-hybridized carbons (Fsp3) is 0.500. The van der Waals surface area contributed by atoms with E-state index < -0.39 is 0 Å². The molecular weight excluding hydrogens is 407 g/mol. The molecule has 0 aliphatic carbocycles. The van der Waals surface area contributed by atoms with Gasteiger partial charge in [0.05, 0.1) is 6.10 Å². The van der Waals surface area contributed by atoms with Crippen molar-refractivity contribution < 1.29 is 9.53 Å². The maximum Gasteiger partial charge on any atom is 0.251 e. The Bertz CT molecular complexity index is 531. The molecule has 3 N–H and O–H groups in total. The van der Waals surface area contributed by atoms with Gasteiger partial charge < -0.3 is 20.7 Å². The minimum Gasteiger partial charge on any atom is -0.376 e. The first-order valence-corrected chi connectivity index (χ1v) is 7.60. The molecule has 1 fully saturated rings. The van der Waals surface area contributed by atoms with Crippen LogP contribution < -0.4 is 16.0 Å². The normalized spacial score (nSPS) is 17.3. The second-order valence-corrected chi connectivity index (χ2v) is 5.22. The summed E-state index contributed by atoms with van der Waals surface area (Å²) in [5, 5.41) is 9.14. The molecule has 23 heavy (non-hydrogen) atoms. The molecule has 1 saturated heterocycles. The summed E-state index contributed by atoms with van der Waals surface area (Å²) in [5.74, 6) is 0.656. The van der Waals surface area contributed by atoms with Gasteiger partial charge in [0.25, 0.3) is 5.91 Å². The fourth-order valence-electron chi connectivity index (χ4n) is 2.39. The number of halogens is 1. The summed E-state index contributed by atoms with van der Waals surface area (Å²) in [5.41, 5.74) is 1.69. The first kappa shape index (κ1) is 19.7. The van der Waals surface area contributed by atoms with Crippen LogP contribution in [0.3, 0.4) is 0 Å². The monoisotopic (exact) mass is 432 g/mol. The Morgan fingerprint density at radius 3 is 2.87 bits per heavy atom. The van der Waals surface area contributed by atoms with E-state index in [2.05, 4.69) is 20.9 Å². The molecule has 1 aliphatic heterocycles. The van der Waals surface area contributed by atoms with E-state index >= 15 is 0 Å². The lowest BCUT2D eigenvalue weighted by Crippen LogP contribution is -2.40. The number of carbonyl (C=O) groups is 1. The number of ether oxygens (including phenoxy) is 1. The van der Waals surface area contributed by atoms with Gasteiger partial charge in [0, 0.05) is 39.4 Å². The van der Waals surface area contributed by atoms with Crippen LogP contribution >= 0.6 is 24.0 Å². The van der Waals surface area contributed by atoms with Gasteiger partial charge in [0.2, 0.25) is 0 Å². The molecule has 1 aliphatic rings. The van der Waals surface area contributed by atoms with Crippen LogP contribution in [0.15, 0.2) is 29.3 Å². The molecule has 1 heterocycles. The highest BCUT2D eigenvalue weighted by atomic mass is 127. The quantitative estimate of drug-likeness (QED) is 0.375. The Morgan fingerprint density at radius 2 is 2.22 bits per heavy atom. The zero-order valence-corrected chi connectivity index (χ0v) is 15.9. The van der Waals surface area contributed by atoms with Gasteiger partial charge in [-0.25, -0.2) is 0 Å². The van der Waals surface area contributed by atoms with E-state index in [4.69, 9.17) is 4.74 Å². The predicted octanol–water partition coefficient (Wildman–Crippen LogP) is 1.51. The van der Waals surface area contributed by atoms with Crippen LogP contribution in [-0.2, 0) is 11.3 Å². The van der Waals surface area contributed by atoms with E-state index in [1.165, 1.54) is 0 Å². The minimum absolute atomic E-state index is 0. The standard InChI is InChI=1S/C16H24N4O2.HI/c1-17-15(21)13-6-3-5-12(9-13)10-19-16(18-2)20-11-14-7-4-8-22-14;/h3,5-6,9,14H,4,7-8,10-11H2,1-2H3,(H,17,21)(H2,18,19,20);1H. The number of benzene rings is 1. The second kappa shape index (κ2) is 10.4. The molecule has 0 saturated carbocycles. The topological polar surface area (TPSA) is 74.8 Å². The van der Waals surface area contributed by atoms with Crippen molar-refractivity contribution in [2.75, 3.05) is 27.2 Å². The minimum atomic E-state index is -0.0808. The summed E-state index contributed by atoms with van der Waals surface area (Å²) in [6.45, 7) is 2.22. The number of aliphatic imine (C=N–C) groups is 1. The second-order valence-electron chi connectivity index (χ2n) is 5.22. The maximum atomic E-state index is 11.6. The summed E-state index contributed by atoms with van der Waals surface area (Å²) >= 11 is 0. The molecular formula is C16H25IN4O2. The molecule has 0 spiro atoms. The van der Waals surface area contributed by atoms with Crippen LogP contribution in [-0.4, -0.2) is 45.2 Å². The summed E-state index contributed by atoms with van der Waals surface area (Å²) < 4.78 is 5.58. The Kier molecular flexibility index (Phi) is 8.93. The lowest BCUT2D eigenvalue weighted by Gasteiger charge is -2.15. The van der Waals surface area contributed by atoms with Gasteiger partial charge in [-0.15, -0.1) is 24.0 Å². The SMILES string of the molecule is CN=C(NCc1cccc(C(=O)NC)c1)NCC1CCCO1.I. The molecule has 1 amide bonds. The van der Waals surface area contributed by atoms with Gasteiger partial charge in [0.1, 0.15) is 0 Å². The van der Waals surface area contributed by atoms with Gasteiger partial charge >= 0.3 is 0 Å². The largest absolute Gasteiger partial charge is 0.376 e. The predicted molar refractivity (Wildman–Crippen MR) is 102 cm³/mol. The van der Waals surface area contributed by atoms with Crippen LogP contribution in [0, 0.1) is 0 Å². The number of rotatable bonds is 5. The molecule has 2 rings (SSSR count). The van der Waals surface area contributed by atoms with Gasteiger partial charge in [-0.05, 0) is 30.5 Å². The Morgan fingerprint density at radius 1 is 1.39 bits per heavy atom. The molecule has 1 unspecified atom stereocenters. The van der Waals surface area contributed by atoms with Crippen LogP contribution in [0.5, 0.6) is 0 Å². The summed E-state index contributed by atoms with van der Waals surface area (Å²) in [6, 6.07) is 7.53. The molecule has 128 valence electrons. The molecule has 0 aromatic heterocycles. The molecule has 6 nitrogen and oxygen atoms in total. The number of carbonyl (C=O) groups excluding carboxylic acids is 1. The van der Waals surface area contributed by atoms with Crippen molar-refractivity contribution in [3.63, 3.8) is 0 Å². The van der Waals surface area contributed by atoms with E-state index in [0.29, 0.717) is 12.1 Å². The summed E-state index contributed by atoms with van der Waals surface area (Å²) in [7, 11) is 3.37. The lowest BCUT2D eigenvalue weighted by atomic mass is 10.1.